The Bertz CT molecular complexity index is 1290. The van der Waals surface area contributed by atoms with Crippen LogP contribution in [0.2, 0.25) is 0 Å². The molecule has 2 rings (SSSR count). The Kier molecular flexibility index (Phi) is 14.4. The third-order valence-corrected chi connectivity index (χ3v) is 8.57. The molecule has 1 fully saturated rings. The molecule has 14 N–H and O–H groups in total. The summed E-state index contributed by atoms with van der Waals surface area (Å²) in [7, 11) is 0. The molecular weight excluding hydrogens is 646 g/mol. The van der Waals surface area contributed by atoms with Gasteiger partial charge in [0.1, 0.15) is 23.7 Å². The Hall–Kier alpha value is -4.47. The molecule has 0 aromatic carbocycles. The number of nitrogens with two attached hydrogens (primary N) is 4. The number of carbonyl (C=O) groups excluding carboxylic acids is 5. The summed E-state index contributed by atoms with van der Waals surface area (Å²) in [5.74, 6) is -6.21. The van der Waals surface area contributed by atoms with Gasteiger partial charge in [0.2, 0.25) is 23.9 Å². The summed E-state index contributed by atoms with van der Waals surface area (Å²) in [4.78, 5) is 89.9. The maximum atomic E-state index is 13.3. The van der Waals surface area contributed by atoms with Gasteiger partial charge in [-0.1, -0.05) is 0 Å². The normalized spacial score (nSPS) is 21.1. The number of thioether (sulfide) groups is 1. The molecule has 47 heavy (non-hydrogen) atoms. The number of carboxylic acid groups (broad SMARTS) is 2. The molecule has 0 aromatic rings. The van der Waals surface area contributed by atoms with Crippen molar-refractivity contribution in [2.24, 2.45) is 27.9 Å². The first-order valence-corrected chi connectivity index (χ1v) is 15.5. The van der Waals surface area contributed by atoms with Crippen LogP contribution in [0.4, 0.5) is 0 Å². The number of carboxylic acids is 2. The van der Waals surface area contributed by atoms with E-state index < -0.39 is 89.6 Å². The summed E-state index contributed by atoms with van der Waals surface area (Å²) in [6, 6.07) is -3.01. The van der Waals surface area contributed by atoms with Crippen molar-refractivity contribution in [3.8, 4) is 0 Å². The van der Waals surface area contributed by atoms with Crippen LogP contribution in [0.3, 0.4) is 0 Å². The lowest BCUT2D eigenvalue weighted by molar-refractivity contribution is -0.162. The number of esters is 1. The molecule has 2 aliphatic rings. The Morgan fingerprint density at radius 3 is 2.43 bits per heavy atom. The molecule has 4 amide bonds. The van der Waals surface area contributed by atoms with E-state index in [1.165, 1.54) is 6.92 Å². The quantitative estimate of drug-likeness (QED) is 0.0110. The van der Waals surface area contributed by atoms with Crippen molar-refractivity contribution in [2.75, 3.05) is 18.9 Å². The number of ether oxygens (including phenoxy) is 1. The number of guanidine groups is 1. The van der Waals surface area contributed by atoms with E-state index in [0.717, 1.165) is 16.7 Å². The fraction of sp³-hybridized carbons (Fsp3) is 0.615. The van der Waals surface area contributed by atoms with Gasteiger partial charge in [0.25, 0.3) is 5.91 Å². The highest BCUT2D eigenvalue weighted by atomic mass is 32.2. The predicted octanol–water partition coefficient (Wildman–Crippen LogP) is -4.44. The van der Waals surface area contributed by atoms with Gasteiger partial charge in [-0.05, 0) is 32.6 Å². The van der Waals surface area contributed by atoms with Crippen molar-refractivity contribution in [2.45, 2.75) is 80.7 Å². The molecule has 0 spiro atoms. The average Bonchev–Trinajstić information content (AvgIpc) is 2.99. The van der Waals surface area contributed by atoms with Crippen LogP contribution < -0.4 is 38.9 Å². The van der Waals surface area contributed by atoms with Crippen molar-refractivity contribution >= 4 is 59.8 Å². The SMILES string of the molecule is C[C@H](N)C(=O)N[C@@H](CCCN=C(N)N)[C@H](O)CC(=O)OCC1=C(C(=O)O)N2C(=O)[C@@](NC=O)(NC(=O)CCC[C@@H](N)C(=O)O)C2SC1. The molecule has 0 bridgehead atoms. The van der Waals surface area contributed by atoms with Crippen LogP contribution >= 0.6 is 11.8 Å². The molecule has 0 aliphatic carbocycles. The largest absolute Gasteiger partial charge is 0.480 e. The number of aliphatic hydroxyl groups excluding tert-OH is 1. The molecule has 20 nitrogen and oxygen atoms in total. The molecule has 262 valence electrons. The maximum Gasteiger partial charge on any atom is 0.352 e. The third kappa shape index (κ3) is 10.3. The number of rotatable bonds is 20. The fourth-order valence-electron chi connectivity index (χ4n) is 4.73. The van der Waals surface area contributed by atoms with Gasteiger partial charge in [-0.2, -0.15) is 0 Å². The van der Waals surface area contributed by atoms with Gasteiger partial charge in [-0.3, -0.25) is 38.7 Å². The van der Waals surface area contributed by atoms with Crippen LogP contribution in [0.15, 0.2) is 16.3 Å². The second kappa shape index (κ2) is 17.4. The number of aliphatic imine (C=N–C) groups is 1. The number of nitrogens with one attached hydrogen (secondary N) is 3. The number of amides is 4. The molecule has 2 aliphatic heterocycles. The van der Waals surface area contributed by atoms with E-state index in [4.69, 9.17) is 32.8 Å². The van der Waals surface area contributed by atoms with E-state index in [9.17, 15) is 43.8 Å². The number of β-lactam (4-membered cyclic amide) rings is 1. The minimum absolute atomic E-state index is 0.0260. The highest BCUT2D eigenvalue weighted by Gasteiger charge is 2.66. The number of nitrogens with zero attached hydrogens (tertiary/aromatic N) is 2. The zero-order valence-corrected chi connectivity index (χ0v) is 26.4. The van der Waals surface area contributed by atoms with Crippen LogP contribution in [0.5, 0.6) is 0 Å². The van der Waals surface area contributed by atoms with E-state index in [-0.39, 0.29) is 55.9 Å². The molecule has 0 saturated carbocycles. The number of fused-ring (bicyclic) bond motifs is 1. The lowest BCUT2D eigenvalue weighted by Gasteiger charge is -2.56. The Labute approximate surface area is 273 Å². The van der Waals surface area contributed by atoms with Crippen molar-refractivity contribution in [3.63, 3.8) is 0 Å². The Morgan fingerprint density at radius 2 is 1.85 bits per heavy atom. The average molecular weight is 688 g/mol. The molecule has 21 heteroatoms. The summed E-state index contributed by atoms with van der Waals surface area (Å²) < 4.78 is 5.22. The van der Waals surface area contributed by atoms with Crippen molar-refractivity contribution in [3.05, 3.63) is 11.3 Å². The van der Waals surface area contributed by atoms with Crippen LogP contribution in [0, 0.1) is 0 Å². The molecule has 1 unspecified atom stereocenters. The number of aliphatic carboxylic acids is 2. The van der Waals surface area contributed by atoms with Gasteiger partial charge >= 0.3 is 17.9 Å². The van der Waals surface area contributed by atoms with Gasteiger partial charge in [0, 0.05) is 24.3 Å². The molecule has 0 radical (unpaired) electrons. The minimum atomic E-state index is -1.98. The summed E-state index contributed by atoms with van der Waals surface area (Å²) in [6.07, 6.45) is -1.51. The maximum absolute atomic E-state index is 13.3. The lowest BCUT2D eigenvalue weighted by Crippen LogP contribution is -2.85. The molecular formula is C26H41N9O11S. The molecule has 2 heterocycles. The van der Waals surface area contributed by atoms with Crippen LogP contribution in [-0.4, -0.2) is 122 Å². The second-order valence-electron chi connectivity index (χ2n) is 10.8. The first-order valence-electron chi connectivity index (χ1n) is 14.4. The molecule has 0 aromatic heterocycles. The smallest absolute Gasteiger partial charge is 0.352 e. The Morgan fingerprint density at radius 1 is 1.17 bits per heavy atom. The van der Waals surface area contributed by atoms with Gasteiger partial charge < -0.3 is 58.9 Å². The van der Waals surface area contributed by atoms with Crippen molar-refractivity contribution in [1.82, 2.24) is 20.9 Å². The van der Waals surface area contributed by atoms with Gasteiger partial charge in [-0.25, -0.2) is 4.79 Å². The van der Waals surface area contributed by atoms with Gasteiger partial charge in [-0.15, -0.1) is 11.8 Å². The summed E-state index contributed by atoms with van der Waals surface area (Å²) in [5, 5.41) is 35.7. The predicted molar refractivity (Wildman–Crippen MR) is 164 cm³/mol. The topological polar surface area (TPSA) is 345 Å². The number of hydrogen-bond donors (Lipinski definition) is 10. The van der Waals surface area contributed by atoms with E-state index in [1.54, 1.807) is 0 Å². The monoisotopic (exact) mass is 687 g/mol. The molecule has 6 atom stereocenters. The minimum Gasteiger partial charge on any atom is -0.480 e. The van der Waals surface area contributed by atoms with Gasteiger partial charge in [0.15, 0.2) is 5.96 Å². The lowest BCUT2D eigenvalue weighted by atomic mass is 9.94. The zero-order valence-electron chi connectivity index (χ0n) is 25.5. The van der Waals surface area contributed by atoms with E-state index in [2.05, 4.69) is 20.9 Å². The fourth-order valence-corrected chi connectivity index (χ4v) is 6.14. The highest BCUT2D eigenvalue weighted by Crippen LogP contribution is 2.45. The van der Waals surface area contributed by atoms with Crippen LogP contribution in [-0.2, 0) is 38.3 Å². The van der Waals surface area contributed by atoms with E-state index in [0.29, 0.717) is 6.42 Å². The zero-order chi connectivity index (χ0) is 35.5. The number of aliphatic hydroxyl groups is 1. The van der Waals surface area contributed by atoms with Gasteiger partial charge in [0.05, 0.1) is 24.6 Å². The summed E-state index contributed by atoms with van der Waals surface area (Å²) >= 11 is 0.982. The van der Waals surface area contributed by atoms with Crippen molar-refractivity contribution < 1.29 is 53.6 Å². The first kappa shape index (κ1) is 38.7. The third-order valence-electron chi connectivity index (χ3n) is 7.17. The van der Waals surface area contributed by atoms with Crippen LogP contribution in [0.1, 0.15) is 45.4 Å². The highest BCUT2D eigenvalue weighted by molar-refractivity contribution is 8.00. The van der Waals surface area contributed by atoms with E-state index in [1.807, 2.05) is 0 Å². The van der Waals surface area contributed by atoms with Crippen LogP contribution in [0.25, 0.3) is 0 Å². The second-order valence-corrected chi connectivity index (χ2v) is 11.9. The summed E-state index contributed by atoms with van der Waals surface area (Å²) in [5.41, 5.74) is 19.2. The van der Waals surface area contributed by atoms with E-state index >= 15 is 0 Å². The summed E-state index contributed by atoms with van der Waals surface area (Å²) in [6.45, 7) is 1.06. The number of carbonyl (C=O) groups is 7. The standard InChI is InChI=1S/C26H41N9O11S/c1-12(27)20(40)33-15(5-3-7-31-25(29)30)16(37)8-18(39)46-9-13-10-47-24-26(32-11-36,23(45)35(24)19(13)22(43)44)34-17(38)6-2-4-14(28)21(41)42/h11-12,14-16,24,37H,2-10,27-28H2,1H3,(H,32,36)(H,33,40)(H,34,38)(H,41,42)(H,43,44)(H4,29,30,31)/t12-,14+,15-,16+,24?,26+/m0/s1. The first-order chi connectivity index (χ1) is 22.0. The number of hydrogen-bond acceptors (Lipinski definition) is 13. The Balaban J connectivity index is 2.10. The molecule has 1 saturated heterocycles. The van der Waals surface area contributed by atoms with Crippen molar-refractivity contribution in [1.29, 1.82) is 0 Å².